The van der Waals surface area contributed by atoms with Crippen molar-refractivity contribution in [2.24, 2.45) is 7.05 Å². The zero-order chi connectivity index (χ0) is 27.1. The number of piperidine rings is 1. The van der Waals surface area contributed by atoms with Crippen molar-refractivity contribution in [1.29, 1.82) is 5.26 Å². The molecule has 0 aliphatic carbocycles. The monoisotopic (exact) mass is 516 g/mol. The van der Waals surface area contributed by atoms with Crippen molar-refractivity contribution in [2.45, 2.75) is 38.1 Å². The number of anilines is 2. The number of hydrogen-bond acceptors (Lipinski definition) is 8. The van der Waals surface area contributed by atoms with E-state index in [1.54, 1.807) is 6.07 Å². The Labute approximate surface area is 208 Å². The van der Waals surface area contributed by atoms with Gasteiger partial charge in [0.15, 0.2) is 0 Å². The average molecular weight is 516 g/mol. The quantitative estimate of drug-likeness (QED) is 0.385. The number of aromatic nitrogens is 2. The van der Waals surface area contributed by atoms with E-state index >= 15 is 0 Å². The summed E-state index contributed by atoms with van der Waals surface area (Å²) in [6.07, 6.45) is -3.03. The van der Waals surface area contributed by atoms with Gasteiger partial charge in [-0.15, -0.1) is 0 Å². The van der Waals surface area contributed by atoms with Crippen molar-refractivity contribution in [2.75, 3.05) is 23.3 Å². The summed E-state index contributed by atoms with van der Waals surface area (Å²) in [6, 6.07) is 5.09. The van der Waals surface area contributed by atoms with Gasteiger partial charge in [-0.05, 0) is 37.5 Å². The van der Waals surface area contributed by atoms with Gasteiger partial charge in [-0.3, -0.25) is 14.9 Å². The summed E-state index contributed by atoms with van der Waals surface area (Å²) in [5, 5.41) is 34.1. The largest absolute Gasteiger partial charge is 0.416 e. The number of nitrogens with one attached hydrogen (secondary N) is 1. The highest BCUT2D eigenvalue weighted by Gasteiger charge is 2.33. The number of non-ortho nitro benzene ring substituents is 1. The third kappa shape index (κ3) is 5.05. The number of alkyl halides is 3. The normalized spacial score (nSPS) is 15.4. The van der Waals surface area contributed by atoms with E-state index in [0.29, 0.717) is 43.1 Å². The molecule has 3 heterocycles. The van der Waals surface area contributed by atoms with Crippen LogP contribution < -0.4 is 15.8 Å². The molecule has 1 atom stereocenters. The SMILES string of the molecule is C[C@@H](Nc1ncc(C#N)c2c1cc(N1CCC(O)CC1)c(=O)n2C)c1cc([N+](=O)[O-])cc(C(F)(F)F)c1. The maximum absolute atomic E-state index is 13.4. The average Bonchev–Trinajstić information content (AvgIpc) is 2.86. The summed E-state index contributed by atoms with van der Waals surface area (Å²) in [5.41, 5.74) is -1.44. The van der Waals surface area contributed by atoms with Gasteiger partial charge in [0, 0.05) is 43.9 Å². The Hall–Kier alpha value is -4.18. The predicted octanol–water partition coefficient (Wildman–Crippen LogP) is 3.87. The Kier molecular flexibility index (Phi) is 6.79. The summed E-state index contributed by atoms with van der Waals surface area (Å²) in [7, 11) is 1.51. The van der Waals surface area contributed by atoms with E-state index in [0.717, 1.165) is 12.1 Å². The van der Waals surface area contributed by atoms with E-state index in [-0.39, 0.29) is 28.0 Å². The molecule has 1 aromatic carbocycles. The van der Waals surface area contributed by atoms with E-state index < -0.39 is 34.5 Å². The zero-order valence-corrected chi connectivity index (χ0v) is 19.9. The molecular formula is C24H23F3N6O4. The Morgan fingerprint density at radius 2 is 1.95 bits per heavy atom. The topological polar surface area (TPSA) is 137 Å². The van der Waals surface area contributed by atoms with E-state index in [2.05, 4.69) is 10.3 Å². The molecular weight excluding hydrogens is 493 g/mol. The highest BCUT2D eigenvalue weighted by Crippen LogP contribution is 2.35. The Balaban J connectivity index is 1.82. The molecule has 1 saturated heterocycles. The van der Waals surface area contributed by atoms with Gasteiger partial charge in [0.05, 0.1) is 33.7 Å². The molecule has 0 radical (unpaired) electrons. The number of aryl methyl sites for hydroxylation is 1. The van der Waals surface area contributed by atoms with Gasteiger partial charge < -0.3 is 19.9 Å². The van der Waals surface area contributed by atoms with Gasteiger partial charge in [0.2, 0.25) is 0 Å². The molecule has 2 N–H and O–H groups in total. The molecule has 1 fully saturated rings. The zero-order valence-electron chi connectivity index (χ0n) is 19.9. The van der Waals surface area contributed by atoms with Crippen LogP contribution in [0.2, 0.25) is 0 Å². The first-order valence-electron chi connectivity index (χ1n) is 11.4. The minimum atomic E-state index is -4.78. The van der Waals surface area contributed by atoms with E-state index in [1.807, 2.05) is 11.0 Å². The highest BCUT2D eigenvalue weighted by atomic mass is 19.4. The van der Waals surface area contributed by atoms with Gasteiger partial charge in [-0.2, -0.15) is 18.4 Å². The third-order valence-corrected chi connectivity index (χ3v) is 6.49. The van der Waals surface area contributed by atoms with Crippen molar-refractivity contribution < 1.29 is 23.2 Å². The maximum Gasteiger partial charge on any atom is 0.416 e. The lowest BCUT2D eigenvalue weighted by molar-refractivity contribution is -0.385. The molecule has 194 valence electrons. The second-order valence-corrected chi connectivity index (χ2v) is 8.94. The van der Waals surface area contributed by atoms with Crippen molar-refractivity contribution in [3.8, 4) is 6.07 Å². The van der Waals surface area contributed by atoms with Crippen LogP contribution >= 0.6 is 0 Å². The molecule has 4 rings (SSSR count). The minimum Gasteiger partial charge on any atom is -0.393 e. The Morgan fingerprint density at radius 1 is 1.27 bits per heavy atom. The predicted molar refractivity (Wildman–Crippen MR) is 129 cm³/mol. The number of nitrogens with zero attached hydrogens (tertiary/aromatic N) is 5. The molecule has 13 heteroatoms. The fraction of sp³-hybridized carbons (Fsp3) is 0.375. The number of nitriles is 1. The third-order valence-electron chi connectivity index (χ3n) is 6.49. The van der Waals surface area contributed by atoms with Crippen LogP contribution in [0.4, 0.5) is 30.4 Å². The molecule has 0 saturated carbocycles. The molecule has 37 heavy (non-hydrogen) atoms. The van der Waals surface area contributed by atoms with Gasteiger partial charge in [0.25, 0.3) is 11.2 Å². The fourth-order valence-electron chi connectivity index (χ4n) is 4.46. The minimum absolute atomic E-state index is 0.0101. The number of fused-ring (bicyclic) bond motifs is 1. The fourth-order valence-corrected chi connectivity index (χ4v) is 4.46. The smallest absolute Gasteiger partial charge is 0.393 e. The summed E-state index contributed by atoms with van der Waals surface area (Å²) in [4.78, 5) is 29.6. The number of rotatable bonds is 5. The van der Waals surface area contributed by atoms with Crippen LogP contribution in [0.5, 0.6) is 0 Å². The van der Waals surface area contributed by atoms with Crippen molar-refractivity contribution in [3.05, 3.63) is 67.6 Å². The molecule has 0 bridgehead atoms. The summed E-state index contributed by atoms with van der Waals surface area (Å²) in [5.74, 6) is 0.190. The lowest BCUT2D eigenvalue weighted by atomic mass is 10.0. The van der Waals surface area contributed by atoms with Crippen LogP contribution in [0.1, 0.15) is 42.5 Å². The van der Waals surface area contributed by atoms with Crippen LogP contribution in [0.3, 0.4) is 0 Å². The van der Waals surface area contributed by atoms with E-state index in [9.17, 15) is 38.4 Å². The number of aliphatic hydroxyl groups excluding tert-OH is 1. The van der Waals surface area contributed by atoms with E-state index in [4.69, 9.17) is 0 Å². The number of halogens is 3. The summed E-state index contributed by atoms with van der Waals surface area (Å²) < 4.78 is 41.5. The number of nitro benzene ring substituents is 1. The van der Waals surface area contributed by atoms with Gasteiger partial charge in [-0.1, -0.05) is 0 Å². The van der Waals surface area contributed by atoms with Gasteiger partial charge in [-0.25, -0.2) is 4.98 Å². The Bertz CT molecular complexity index is 1470. The first-order valence-corrected chi connectivity index (χ1v) is 11.4. The van der Waals surface area contributed by atoms with Crippen LogP contribution in [0.25, 0.3) is 10.9 Å². The molecule has 0 amide bonds. The summed E-state index contributed by atoms with van der Waals surface area (Å²) in [6.45, 7) is 2.42. The standard InChI is InChI=1S/C24H23F3N6O4/c1-13(14-7-16(24(25,26)27)9-17(8-14)33(36)37)30-22-19-10-20(32-5-3-18(34)4-6-32)23(35)31(2)21(19)15(11-28)12-29-22/h7-10,12-13,18,34H,3-6H2,1-2H3,(H,29,30)/t13-/m1/s1. The first-order chi connectivity index (χ1) is 17.4. The first kappa shape index (κ1) is 25.9. The van der Waals surface area contributed by atoms with Crippen molar-refractivity contribution >= 4 is 28.1 Å². The summed E-state index contributed by atoms with van der Waals surface area (Å²) >= 11 is 0. The molecule has 10 nitrogen and oxygen atoms in total. The molecule has 1 aliphatic rings. The van der Waals surface area contributed by atoms with Crippen LogP contribution in [-0.2, 0) is 13.2 Å². The molecule has 2 aromatic heterocycles. The molecule has 3 aromatic rings. The molecule has 0 unspecified atom stereocenters. The molecule has 1 aliphatic heterocycles. The van der Waals surface area contributed by atoms with Crippen LogP contribution in [0.15, 0.2) is 35.3 Å². The lowest BCUT2D eigenvalue weighted by Crippen LogP contribution is -2.39. The van der Waals surface area contributed by atoms with Gasteiger partial charge >= 0.3 is 6.18 Å². The van der Waals surface area contributed by atoms with Crippen LogP contribution in [-0.4, -0.2) is 38.8 Å². The number of benzene rings is 1. The highest BCUT2D eigenvalue weighted by molar-refractivity contribution is 5.95. The number of nitro groups is 1. The number of aliphatic hydroxyl groups is 1. The van der Waals surface area contributed by atoms with Crippen LogP contribution in [0, 0.1) is 21.4 Å². The number of pyridine rings is 2. The maximum atomic E-state index is 13.4. The second-order valence-electron chi connectivity index (χ2n) is 8.94. The molecule has 0 spiro atoms. The Morgan fingerprint density at radius 3 is 2.54 bits per heavy atom. The lowest BCUT2D eigenvalue weighted by Gasteiger charge is -2.31. The van der Waals surface area contributed by atoms with E-state index in [1.165, 1.54) is 24.7 Å². The number of hydrogen-bond donors (Lipinski definition) is 2. The van der Waals surface area contributed by atoms with Crippen molar-refractivity contribution in [3.63, 3.8) is 0 Å². The van der Waals surface area contributed by atoms with Crippen molar-refractivity contribution in [1.82, 2.24) is 9.55 Å². The second kappa shape index (κ2) is 9.70. The van der Waals surface area contributed by atoms with Gasteiger partial charge in [0.1, 0.15) is 17.6 Å².